The third-order valence-electron chi connectivity index (χ3n) is 2.71. The summed E-state index contributed by atoms with van der Waals surface area (Å²) in [6.07, 6.45) is 1.77. The number of hydrogen-bond donors (Lipinski definition) is 2. The highest BCUT2D eigenvalue weighted by Crippen LogP contribution is 2.19. The van der Waals surface area contributed by atoms with Crippen molar-refractivity contribution in [1.82, 2.24) is 9.97 Å². The number of aromatic nitrogens is 2. The van der Waals surface area contributed by atoms with Crippen molar-refractivity contribution in [2.45, 2.75) is 19.8 Å². The summed E-state index contributed by atoms with van der Waals surface area (Å²) < 4.78 is 0. The molecular weight excluding hydrogens is 262 g/mol. The summed E-state index contributed by atoms with van der Waals surface area (Å²) >= 11 is 1.59. The van der Waals surface area contributed by atoms with Gasteiger partial charge in [-0.25, -0.2) is 14.8 Å². The van der Waals surface area contributed by atoms with Crippen LogP contribution in [0.1, 0.15) is 33.9 Å². The van der Waals surface area contributed by atoms with Crippen molar-refractivity contribution < 1.29 is 9.90 Å². The van der Waals surface area contributed by atoms with Crippen molar-refractivity contribution in [1.29, 1.82) is 0 Å². The topological polar surface area (TPSA) is 75.1 Å². The summed E-state index contributed by atoms with van der Waals surface area (Å²) in [6.45, 7) is 4.48. The summed E-state index contributed by atoms with van der Waals surface area (Å²) in [5.41, 5.74) is 0.978. The molecule has 0 bridgehead atoms. The van der Waals surface area contributed by atoms with Crippen molar-refractivity contribution in [3.63, 3.8) is 0 Å². The normalized spacial score (nSPS) is 12.1. The molecule has 1 atom stereocenters. The molecule has 6 heteroatoms. The second-order valence-electron chi connectivity index (χ2n) is 4.31. The Hall–Kier alpha value is -1.95. The van der Waals surface area contributed by atoms with E-state index in [-0.39, 0.29) is 11.5 Å². The molecular formula is C13H15N3O2S. The quantitative estimate of drug-likeness (QED) is 0.879. The van der Waals surface area contributed by atoms with E-state index < -0.39 is 5.97 Å². The van der Waals surface area contributed by atoms with Crippen molar-refractivity contribution in [3.8, 4) is 0 Å². The average Bonchev–Trinajstić information content (AvgIpc) is 2.89. The highest BCUT2D eigenvalue weighted by Gasteiger charge is 2.13. The zero-order valence-electron chi connectivity index (χ0n) is 10.8. The number of nitrogens with zero attached hydrogens (tertiary/aromatic N) is 2. The van der Waals surface area contributed by atoms with Gasteiger partial charge in [-0.2, -0.15) is 0 Å². The van der Waals surface area contributed by atoms with E-state index in [2.05, 4.69) is 15.3 Å². The van der Waals surface area contributed by atoms with Crippen molar-refractivity contribution in [3.05, 3.63) is 40.0 Å². The standard InChI is InChI=1S/C13H15N3O2S/c1-8(12-14-5-6-19-12)7-15-11-10(13(17)18)4-3-9(2)16-11/h3-6,8H,7H2,1-2H3,(H,15,16)(H,17,18). The molecule has 0 aliphatic carbocycles. The summed E-state index contributed by atoms with van der Waals surface area (Å²) in [5.74, 6) is -0.350. The first-order valence-corrected chi connectivity index (χ1v) is 6.80. The first kappa shape index (κ1) is 13.5. The van der Waals surface area contributed by atoms with Crippen LogP contribution in [0.4, 0.5) is 5.82 Å². The molecule has 2 rings (SSSR count). The molecule has 0 fully saturated rings. The van der Waals surface area contributed by atoms with Gasteiger partial charge >= 0.3 is 5.97 Å². The summed E-state index contributed by atoms with van der Waals surface area (Å²) in [7, 11) is 0. The molecule has 0 saturated heterocycles. The summed E-state index contributed by atoms with van der Waals surface area (Å²) in [4.78, 5) is 19.6. The molecule has 2 heterocycles. The van der Waals surface area contributed by atoms with E-state index in [1.807, 2.05) is 19.2 Å². The zero-order valence-corrected chi connectivity index (χ0v) is 11.6. The molecule has 2 aromatic heterocycles. The molecule has 2 N–H and O–H groups in total. The van der Waals surface area contributed by atoms with Gasteiger partial charge in [0.25, 0.3) is 0 Å². The largest absolute Gasteiger partial charge is 0.478 e. The van der Waals surface area contributed by atoms with Crippen LogP contribution in [0.5, 0.6) is 0 Å². The number of aryl methyl sites for hydroxylation is 1. The molecule has 0 aromatic carbocycles. The van der Waals surface area contributed by atoms with E-state index >= 15 is 0 Å². The fraction of sp³-hybridized carbons (Fsp3) is 0.308. The van der Waals surface area contributed by atoms with Crippen LogP contribution in [-0.4, -0.2) is 27.6 Å². The molecule has 0 saturated carbocycles. The fourth-order valence-corrected chi connectivity index (χ4v) is 2.38. The minimum absolute atomic E-state index is 0.192. The molecule has 0 amide bonds. The molecule has 0 aliphatic rings. The number of thiazole rings is 1. The smallest absolute Gasteiger partial charge is 0.339 e. The van der Waals surface area contributed by atoms with Crippen LogP contribution in [0.25, 0.3) is 0 Å². The highest BCUT2D eigenvalue weighted by molar-refractivity contribution is 7.09. The maximum absolute atomic E-state index is 11.1. The van der Waals surface area contributed by atoms with Crippen LogP contribution in [0.2, 0.25) is 0 Å². The lowest BCUT2D eigenvalue weighted by atomic mass is 10.2. The third kappa shape index (κ3) is 3.29. The molecule has 0 spiro atoms. The van der Waals surface area contributed by atoms with Gasteiger partial charge in [-0.05, 0) is 19.1 Å². The Balaban J connectivity index is 2.10. The number of nitrogens with one attached hydrogen (secondary N) is 1. The minimum Gasteiger partial charge on any atom is -0.478 e. The Morgan fingerprint density at radius 1 is 1.53 bits per heavy atom. The molecule has 0 radical (unpaired) electrons. The second kappa shape index (κ2) is 5.79. The molecule has 19 heavy (non-hydrogen) atoms. The molecule has 0 aliphatic heterocycles. The van der Waals surface area contributed by atoms with Gasteiger partial charge < -0.3 is 10.4 Å². The van der Waals surface area contributed by atoms with E-state index in [0.717, 1.165) is 10.7 Å². The lowest BCUT2D eigenvalue weighted by Gasteiger charge is -2.12. The van der Waals surface area contributed by atoms with E-state index in [1.54, 1.807) is 29.7 Å². The van der Waals surface area contributed by atoms with E-state index in [9.17, 15) is 4.79 Å². The lowest BCUT2D eigenvalue weighted by molar-refractivity contribution is 0.0697. The number of rotatable bonds is 5. The second-order valence-corrected chi connectivity index (χ2v) is 5.23. The van der Waals surface area contributed by atoms with Gasteiger partial charge in [0.15, 0.2) is 0 Å². The third-order valence-corrected chi connectivity index (χ3v) is 3.72. The van der Waals surface area contributed by atoms with Crippen LogP contribution in [-0.2, 0) is 0 Å². The van der Waals surface area contributed by atoms with Gasteiger partial charge in [-0.1, -0.05) is 6.92 Å². The Morgan fingerprint density at radius 3 is 2.95 bits per heavy atom. The zero-order chi connectivity index (χ0) is 13.8. The number of pyridine rings is 1. The van der Waals surface area contributed by atoms with Gasteiger partial charge in [0, 0.05) is 29.7 Å². The van der Waals surface area contributed by atoms with E-state index in [1.165, 1.54) is 0 Å². The van der Waals surface area contributed by atoms with Gasteiger partial charge in [0.05, 0.1) is 5.01 Å². The minimum atomic E-state index is -0.975. The predicted molar refractivity (Wildman–Crippen MR) is 75.0 cm³/mol. The summed E-state index contributed by atoms with van der Waals surface area (Å²) in [5, 5.41) is 15.2. The first-order chi connectivity index (χ1) is 9.08. The van der Waals surface area contributed by atoms with Gasteiger partial charge in [0.1, 0.15) is 11.4 Å². The predicted octanol–water partition coefficient (Wildman–Crippen LogP) is 2.76. The van der Waals surface area contributed by atoms with Gasteiger partial charge in [-0.3, -0.25) is 0 Å². The monoisotopic (exact) mass is 277 g/mol. The summed E-state index contributed by atoms with van der Waals surface area (Å²) in [6, 6.07) is 3.26. The number of carboxylic acids is 1. The number of hydrogen-bond acceptors (Lipinski definition) is 5. The van der Waals surface area contributed by atoms with E-state index in [4.69, 9.17) is 5.11 Å². The van der Waals surface area contributed by atoms with Crippen LogP contribution in [0.3, 0.4) is 0 Å². The lowest BCUT2D eigenvalue weighted by Crippen LogP contribution is -2.14. The van der Waals surface area contributed by atoms with E-state index in [0.29, 0.717) is 12.4 Å². The Kier molecular flexibility index (Phi) is 4.11. The van der Waals surface area contributed by atoms with Crippen molar-refractivity contribution in [2.24, 2.45) is 0 Å². The molecule has 1 unspecified atom stereocenters. The average molecular weight is 277 g/mol. The van der Waals surface area contributed by atoms with Gasteiger partial charge in [0.2, 0.25) is 0 Å². The van der Waals surface area contributed by atoms with Crippen LogP contribution in [0, 0.1) is 6.92 Å². The van der Waals surface area contributed by atoms with Gasteiger partial charge in [-0.15, -0.1) is 11.3 Å². The molecule has 5 nitrogen and oxygen atoms in total. The maximum atomic E-state index is 11.1. The van der Waals surface area contributed by atoms with Crippen molar-refractivity contribution in [2.75, 3.05) is 11.9 Å². The first-order valence-electron chi connectivity index (χ1n) is 5.92. The van der Waals surface area contributed by atoms with Crippen LogP contribution in [0.15, 0.2) is 23.7 Å². The molecule has 2 aromatic rings. The van der Waals surface area contributed by atoms with Crippen LogP contribution < -0.4 is 5.32 Å². The Labute approximate surface area is 115 Å². The SMILES string of the molecule is Cc1ccc(C(=O)O)c(NCC(C)c2nccs2)n1. The van der Waals surface area contributed by atoms with Crippen LogP contribution >= 0.6 is 11.3 Å². The fourth-order valence-electron chi connectivity index (χ4n) is 1.68. The maximum Gasteiger partial charge on any atom is 0.339 e. The number of carboxylic acid groups (broad SMARTS) is 1. The number of anilines is 1. The Morgan fingerprint density at radius 2 is 2.32 bits per heavy atom. The Bertz CT molecular complexity index is 569. The number of carbonyl (C=O) groups is 1. The molecule has 100 valence electrons. The van der Waals surface area contributed by atoms with Crippen molar-refractivity contribution >= 4 is 23.1 Å². The highest BCUT2D eigenvalue weighted by atomic mass is 32.1. The number of aromatic carboxylic acids is 1.